The van der Waals surface area contributed by atoms with E-state index < -0.39 is 5.97 Å². The van der Waals surface area contributed by atoms with Crippen molar-refractivity contribution in [2.24, 2.45) is 0 Å². The van der Waals surface area contributed by atoms with Gasteiger partial charge in [-0.2, -0.15) is 0 Å². The summed E-state index contributed by atoms with van der Waals surface area (Å²) in [6, 6.07) is 9.32. The molecule has 1 aromatic rings. The molecule has 0 fully saturated rings. The van der Waals surface area contributed by atoms with Crippen LogP contribution < -0.4 is 0 Å². The summed E-state index contributed by atoms with van der Waals surface area (Å²) >= 11 is 0. The molecule has 102 valence electrons. The molecule has 1 amide bonds. The normalized spacial score (nSPS) is 9.74. The molecule has 0 unspecified atom stereocenters. The number of rotatable bonds is 7. The molecule has 0 aliphatic carbocycles. The summed E-state index contributed by atoms with van der Waals surface area (Å²) in [4.78, 5) is 34.4. The van der Waals surface area contributed by atoms with Gasteiger partial charge in [-0.15, -0.1) is 0 Å². The highest BCUT2D eigenvalue weighted by Gasteiger charge is 2.11. The minimum atomic E-state index is -0.420. The van der Waals surface area contributed by atoms with Gasteiger partial charge in [-0.1, -0.05) is 30.3 Å². The molecule has 0 heterocycles. The first-order valence-electron chi connectivity index (χ1n) is 6.00. The van der Waals surface area contributed by atoms with Gasteiger partial charge in [-0.3, -0.25) is 9.59 Å². The topological polar surface area (TPSA) is 63.7 Å². The van der Waals surface area contributed by atoms with Crippen molar-refractivity contribution >= 4 is 18.2 Å². The first kappa shape index (κ1) is 14.9. The monoisotopic (exact) mass is 263 g/mol. The second-order valence-corrected chi connectivity index (χ2v) is 4.09. The van der Waals surface area contributed by atoms with Crippen LogP contribution in [0.15, 0.2) is 30.3 Å². The van der Waals surface area contributed by atoms with Crippen molar-refractivity contribution in [3.63, 3.8) is 0 Å². The highest BCUT2D eigenvalue weighted by atomic mass is 16.5. The molecule has 0 aromatic heterocycles. The molecule has 5 nitrogen and oxygen atoms in total. The van der Waals surface area contributed by atoms with Gasteiger partial charge in [0.2, 0.25) is 5.91 Å². The molecule has 0 bridgehead atoms. The van der Waals surface area contributed by atoms with Crippen LogP contribution >= 0.6 is 0 Å². The molecule has 0 atom stereocenters. The Morgan fingerprint density at radius 3 is 2.53 bits per heavy atom. The summed E-state index contributed by atoms with van der Waals surface area (Å²) in [6.07, 6.45) is 0.721. The van der Waals surface area contributed by atoms with E-state index in [-0.39, 0.29) is 31.9 Å². The number of carbonyl (C=O) groups is 3. The van der Waals surface area contributed by atoms with Crippen LogP contribution in [0.25, 0.3) is 0 Å². The van der Waals surface area contributed by atoms with Gasteiger partial charge in [0.15, 0.2) is 0 Å². The van der Waals surface area contributed by atoms with Crippen molar-refractivity contribution in [1.29, 1.82) is 0 Å². The number of ether oxygens (including phenoxy) is 1. The summed E-state index contributed by atoms with van der Waals surface area (Å²) in [6.45, 7) is 0.246. The molecular formula is C14H17NO4. The minimum absolute atomic E-state index is 0.0227. The molecule has 0 aliphatic rings. The largest absolute Gasteiger partial charge is 0.461 e. The molecule has 0 saturated carbocycles. The lowest BCUT2D eigenvalue weighted by Gasteiger charge is -2.13. The second kappa shape index (κ2) is 8.02. The third-order valence-electron chi connectivity index (χ3n) is 2.56. The Morgan fingerprint density at radius 2 is 1.89 bits per heavy atom. The van der Waals surface area contributed by atoms with E-state index in [1.165, 1.54) is 11.9 Å². The quantitative estimate of drug-likeness (QED) is 0.547. The van der Waals surface area contributed by atoms with Crippen molar-refractivity contribution in [3.05, 3.63) is 35.9 Å². The Kier molecular flexibility index (Phi) is 6.29. The molecule has 0 radical (unpaired) electrons. The third-order valence-corrected chi connectivity index (χ3v) is 2.56. The number of benzene rings is 1. The summed E-state index contributed by atoms with van der Waals surface area (Å²) in [5.41, 5.74) is 0.903. The van der Waals surface area contributed by atoms with E-state index in [1.54, 1.807) is 0 Å². The number of nitrogens with zero attached hydrogens (tertiary/aromatic N) is 1. The zero-order valence-electron chi connectivity index (χ0n) is 10.9. The maximum Gasteiger partial charge on any atom is 0.306 e. The molecule has 0 N–H and O–H groups in total. The first-order chi connectivity index (χ1) is 9.13. The van der Waals surface area contributed by atoms with E-state index in [1.807, 2.05) is 30.3 Å². The fraction of sp³-hybridized carbons (Fsp3) is 0.357. The second-order valence-electron chi connectivity index (χ2n) is 4.09. The van der Waals surface area contributed by atoms with E-state index >= 15 is 0 Å². The average Bonchev–Trinajstić information content (AvgIpc) is 2.43. The molecule has 19 heavy (non-hydrogen) atoms. The van der Waals surface area contributed by atoms with Gasteiger partial charge in [0.1, 0.15) is 12.9 Å². The molecule has 1 aromatic carbocycles. The fourth-order valence-corrected chi connectivity index (χ4v) is 1.42. The zero-order valence-corrected chi connectivity index (χ0v) is 10.9. The van der Waals surface area contributed by atoms with E-state index in [0.717, 1.165) is 5.56 Å². The Hall–Kier alpha value is -2.17. The van der Waals surface area contributed by atoms with E-state index in [4.69, 9.17) is 4.74 Å². The van der Waals surface area contributed by atoms with Crippen LogP contribution in [-0.2, 0) is 25.7 Å². The van der Waals surface area contributed by atoms with Crippen LogP contribution in [0.1, 0.15) is 18.4 Å². The molecule has 0 aliphatic heterocycles. The standard InChI is InChI=1S/C14H17NO4/c1-15(9-10-16)13(17)7-8-14(18)19-11-12-5-3-2-4-6-12/h2-6,10H,7-9,11H2,1H3. The predicted molar refractivity (Wildman–Crippen MR) is 69.2 cm³/mol. The Labute approximate surface area is 112 Å². The molecular weight excluding hydrogens is 246 g/mol. The Balaban J connectivity index is 2.25. The van der Waals surface area contributed by atoms with E-state index in [9.17, 15) is 14.4 Å². The number of amides is 1. The smallest absolute Gasteiger partial charge is 0.306 e. The van der Waals surface area contributed by atoms with Crippen LogP contribution in [0.2, 0.25) is 0 Å². The van der Waals surface area contributed by atoms with Crippen LogP contribution in [0, 0.1) is 0 Å². The molecule has 1 rings (SSSR count). The van der Waals surface area contributed by atoms with Crippen molar-refractivity contribution < 1.29 is 19.1 Å². The van der Waals surface area contributed by atoms with Gasteiger partial charge in [-0.25, -0.2) is 0 Å². The number of hydrogen-bond acceptors (Lipinski definition) is 4. The van der Waals surface area contributed by atoms with Gasteiger partial charge in [0, 0.05) is 13.5 Å². The summed E-state index contributed by atoms with van der Waals surface area (Å²) in [7, 11) is 1.52. The summed E-state index contributed by atoms with van der Waals surface area (Å²) in [5.74, 6) is -0.666. The number of carbonyl (C=O) groups excluding carboxylic acids is 3. The Morgan fingerprint density at radius 1 is 1.21 bits per heavy atom. The number of esters is 1. The van der Waals surface area contributed by atoms with Crippen LogP contribution in [0.4, 0.5) is 0 Å². The molecule has 5 heteroatoms. The third kappa shape index (κ3) is 5.81. The minimum Gasteiger partial charge on any atom is -0.461 e. The maximum atomic E-state index is 11.5. The van der Waals surface area contributed by atoms with Crippen LogP contribution in [0.3, 0.4) is 0 Å². The number of likely N-dealkylation sites (N-methyl/N-ethyl adjacent to an activating group) is 1. The average molecular weight is 263 g/mol. The summed E-state index contributed by atoms with van der Waals surface area (Å²) in [5, 5.41) is 0. The highest BCUT2D eigenvalue weighted by molar-refractivity contribution is 5.82. The van der Waals surface area contributed by atoms with Crippen LogP contribution in [0.5, 0.6) is 0 Å². The lowest BCUT2D eigenvalue weighted by molar-refractivity contribution is -0.147. The lowest BCUT2D eigenvalue weighted by Crippen LogP contribution is -2.28. The zero-order chi connectivity index (χ0) is 14.1. The van der Waals surface area contributed by atoms with Gasteiger partial charge in [0.05, 0.1) is 13.0 Å². The highest BCUT2D eigenvalue weighted by Crippen LogP contribution is 2.03. The van der Waals surface area contributed by atoms with E-state index in [0.29, 0.717) is 6.29 Å². The summed E-state index contributed by atoms with van der Waals surface area (Å²) < 4.78 is 5.04. The van der Waals surface area contributed by atoms with Crippen molar-refractivity contribution in [2.75, 3.05) is 13.6 Å². The van der Waals surface area contributed by atoms with Crippen LogP contribution in [-0.4, -0.2) is 36.7 Å². The molecule has 0 saturated heterocycles. The fourth-order valence-electron chi connectivity index (χ4n) is 1.42. The molecule has 0 spiro atoms. The van der Waals surface area contributed by atoms with Gasteiger partial charge in [-0.05, 0) is 5.56 Å². The number of aldehydes is 1. The van der Waals surface area contributed by atoms with Crippen molar-refractivity contribution in [1.82, 2.24) is 4.90 Å². The Bertz CT molecular complexity index is 430. The number of hydrogen-bond donors (Lipinski definition) is 0. The maximum absolute atomic E-state index is 11.5. The van der Waals surface area contributed by atoms with Gasteiger partial charge in [0.25, 0.3) is 0 Å². The first-order valence-corrected chi connectivity index (χ1v) is 6.00. The SMILES string of the molecule is CN(CC=O)C(=O)CCC(=O)OCc1ccccc1. The van der Waals surface area contributed by atoms with Gasteiger partial charge >= 0.3 is 5.97 Å². The lowest BCUT2D eigenvalue weighted by atomic mass is 10.2. The van der Waals surface area contributed by atoms with Crippen molar-refractivity contribution in [2.45, 2.75) is 19.4 Å². The van der Waals surface area contributed by atoms with Crippen molar-refractivity contribution in [3.8, 4) is 0 Å². The van der Waals surface area contributed by atoms with Gasteiger partial charge < -0.3 is 14.4 Å². The predicted octanol–water partition coefficient (Wildman–Crippen LogP) is 1.17. The van der Waals surface area contributed by atoms with E-state index in [2.05, 4.69) is 0 Å².